The Balaban J connectivity index is 1.79. The Kier molecular flexibility index (Phi) is 3.31. The minimum absolute atomic E-state index is 0.0629. The monoisotopic (exact) mass is 276 g/mol. The summed E-state index contributed by atoms with van der Waals surface area (Å²) < 4.78 is 0. The highest BCUT2D eigenvalue weighted by molar-refractivity contribution is 5.99. The molecule has 1 N–H and O–H groups in total. The zero-order chi connectivity index (χ0) is 14.2. The molecular formula is C14H20N4O2. The molecular weight excluding hydrogens is 256 g/mol. The molecule has 0 radical (unpaired) electrons. The summed E-state index contributed by atoms with van der Waals surface area (Å²) >= 11 is 0. The Labute approximate surface area is 117 Å². The number of aromatic amines is 1. The lowest BCUT2D eigenvalue weighted by Gasteiger charge is -2.43. The van der Waals surface area contributed by atoms with Gasteiger partial charge in [0.15, 0.2) is 0 Å². The first-order valence-electron chi connectivity index (χ1n) is 7.31. The molecule has 2 aliphatic rings. The molecule has 1 aliphatic heterocycles. The lowest BCUT2D eigenvalue weighted by molar-refractivity contribution is -0.157. The molecule has 0 aromatic carbocycles. The summed E-state index contributed by atoms with van der Waals surface area (Å²) in [5.41, 5.74) is -0.0654. The molecule has 6 heteroatoms. The number of hydrogen-bond acceptors (Lipinski definition) is 4. The first-order chi connectivity index (χ1) is 9.61. The van der Waals surface area contributed by atoms with E-state index in [1.807, 2.05) is 6.92 Å². The van der Waals surface area contributed by atoms with Crippen molar-refractivity contribution in [3.8, 4) is 0 Å². The summed E-state index contributed by atoms with van der Waals surface area (Å²) in [6.45, 7) is 1.81. The van der Waals surface area contributed by atoms with Gasteiger partial charge in [0.05, 0.1) is 6.04 Å². The van der Waals surface area contributed by atoms with E-state index in [0.717, 1.165) is 25.7 Å². The van der Waals surface area contributed by atoms with E-state index >= 15 is 0 Å². The average molecular weight is 276 g/mol. The molecule has 0 bridgehead atoms. The molecule has 1 aromatic heterocycles. The van der Waals surface area contributed by atoms with E-state index in [4.69, 9.17) is 0 Å². The number of imide groups is 1. The summed E-state index contributed by atoms with van der Waals surface area (Å²) in [5.74, 6) is 0.436. The fraction of sp³-hybridized carbons (Fsp3) is 0.714. The number of likely N-dealkylation sites (tertiary alicyclic amines) is 1. The van der Waals surface area contributed by atoms with Crippen molar-refractivity contribution in [2.75, 3.05) is 0 Å². The number of H-pyrrole nitrogens is 1. The van der Waals surface area contributed by atoms with Gasteiger partial charge in [-0.25, -0.2) is 4.98 Å². The van der Waals surface area contributed by atoms with E-state index in [1.54, 1.807) is 0 Å². The van der Waals surface area contributed by atoms with E-state index < -0.39 is 0 Å². The van der Waals surface area contributed by atoms with E-state index in [1.165, 1.54) is 17.6 Å². The van der Waals surface area contributed by atoms with Crippen molar-refractivity contribution < 1.29 is 9.59 Å². The van der Waals surface area contributed by atoms with Crippen molar-refractivity contribution in [1.82, 2.24) is 20.1 Å². The van der Waals surface area contributed by atoms with Gasteiger partial charge in [-0.1, -0.05) is 19.3 Å². The van der Waals surface area contributed by atoms with Crippen LogP contribution in [0.5, 0.6) is 0 Å². The van der Waals surface area contributed by atoms with Gasteiger partial charge in [0.2, 0.25) is 11.8 Å². The molecule has 1 unspecified atom stereocenters. The first kappa shape index (κ1) is 13.3. The van der Waals surface area contributed by atoms with Gasteiger partial charge in [-0.05, 0) is 25.2 Å². The largest absolute Gasteiger partial charge is 0.274 e. The summed E-state index contributed by atoms with van der Waals surface area (Å²) in [6, 6.07) is -0.363. The molecule has 2 fully saturated rings. The van der Waals surface area contributed by atoms with Crippen LogP contribution in [0.25, 0.3) is 0 Å². The number of hydrogen-bond donors (Lipinski definition) is 1. The summed E-state index contributed by atoms with van der Waals surface area (Å²) in [7, 11) is 0. The lowest BCUT2D eigenvalue weighted by atomic mass is 9.67. The van der Waals surface area contributed by atoms with Crippen molar-refractivity contribution in [3.05, 3.63) is 12.2 Å². The average Bonchev–Trinajstić information content (AvgIpc) is 2.92. The fourth-order valence-corrected chi connectivity index (χ4v) is 3.64. The van der Waals surface area contributed by atoms with Gasteiger partial charge < -0.3 is 0 Å². The molecule has 1 spiro atoms. The van der Waals surface area contributed by atoms with E-state index in [2.05, 4.69) is 15.2 Å². The van der Waals surface area contributed by atoms with Crippen LogP contribution in [0.2, 0.25) is 0 Å². The van der Waals surface area contributed by atoms with E-state index in [9.17, 15) is 9.59 Å². The Morgan fingerprint density at radius 2 is 1.85 bits per heavy atom. The molecule has 3 rings (SSSR count). The third kappa shape index (κ3) is 2.23. The van der Waals surface area contributed by atoms with Crippen molar-refractivity contribution in [2.45, 2.75) is 57.9 Å². The highest BCUT2D eigenvalue weighted by Crippen LogP contribution is 2.46. The third-order valence-corrected chi connectivity index (χ3v) is 4.72. The van der Waals surface area contributed by atoms with Crippen LogP contribution in [0, 0.1) is 5.41 Å². The molecule has 2 heterocycles. The zero-order valence-corrected chi connectivity index (χ0v) is 11.8. The summed E-state index contributed by atoms with van der Waals surface area (Å²) in [6.07, 6.45) is 7.91. The molecule has 20 heavy (non-hydrogen) atoms. The number of carbonyl (C=O) groups is 2. The lowest BCUT2D eigenvalue weighted by Crippen LogP contribution is -2.49. The number of nitrogens with one attached hydrogen (secondary N) is 1. The Hall–Kier alpha value is -1.72. The van der Waals surface area contributed by atoms with Crippen molar-refractivity contribution in [2.24, 2.45) is 5.41 Å². The normalized spacial score (nSPS) is 24.1. The third-order valence-electron chi connectivity index (χ3n) is 4.72. The predicted molar refractivity (Wildman–Crippen MR) is 71.4 cm³/mol. The maximum absolute atomic E-state index is 12.5. The quantitative estimate of drug-likeness (QED) is 0.837. The molecule has 1 aromatic rings. The Morgan fingerprint density at radius 3 is 2.40 bits per heavy atom. The summed E-state index contributed by atoms with van der Waals surface area (Å²) in [5, 5.41) is 6.53. The number of carbonyl (C=O) groups excluding carboxylic acids is 2. The molecule has 1 atom stereocenters. The minimum atomic E-state index is -0.363. The second-order valence-electron chi connectivity index (χ2n) is 6.12. The van der Waals surface area contributed by atoms with Crippen LogP contribution < -0.4 is 0 Å². The number of piperidine rings is 1. The first-order valence-corrected chi connectivity index (χ1v) is 7.31. The molecule has 108 valence electrons. The highest BCUT2D eigenvalue weighted by Gasteiger charge is 2.45. The van der Waals surface area contributed by atoms with Gasteiger partial charge in [0.25, 0.3) is 0 Å². The van der Waals surface area contributed by atoms with Crippen LogP contribution in [-0.4, -0.2) is 31.9 Å². The number of rotatable bonds is 2. The molecule has 1 aliphatic carbocycles. The number of amides is 2. The van der Waals surface area contributed by atoms with Crippen LogP contribution in [-0.2, 0) is 9.59 Å². The maximum atomic E-state index is 12.5. The second-order valence-corrected chi connectivity index (χ2v) is 6.12. The topological polar surface area (TPSA) is 79.0 Å². The number of nitrogens with zero attached hydrogens (tertiary/aromatic N) is 3. The van der Waals surface area contributed by atoms with E-state index in [-0.39, 0.29) is 23.3 Å². The van der Waals surface area contributed by atoms with Gasteiger partial charge in [-0.3, -0.25) is 19.6 Å². The predicted octanol–water partition coefficient (Wildman–Crippen LogP) is 1.97. The molecule has 2 amide bonds. The molecule has 1 saturated carbocycles. The van der Waals surface area contributed by atoms with Crippen LogP contribution in [0.15, 0.2) is 6.33 Å². The Morgan fingerprint density at radius 1 is 1.20 bits per heavy atom. The number of aromatic nitrogens is 3. The Bertz CT molecular complexity index is 485. The van der Waals surface area contributed by atoms with Crippen molar-refractivity contribution in [1.29, 1.82) is 0 Å². The van der Waals surface area contributed by atoms with Gasteiger partial charge in [-0.15, -0.1) is 0 Å². The van der Waals surface area contributed by atoms with Crippen LogP contribution >= 0.6 is 0 Å². The van der Waals surface area contributed by atoms with Crippen LogP contribution in [0.1, 0.15) is 63.7 Å². The molecule has 6 nitrogen and oxygen atoms in total. The van der Waals surface area contributed by atoms with Gasteiger partial charge in [0, 0.05) is 12.8 Å². The van der Waals surface area contributed by atoms with Gasteiger partial charge in [-0.2, -0.15) is 5.10 Å². The second kappa shape index (κ2) is 5.00. The van der Waals surface area contributed by atoms with Crippen molar-refractivity contribution in [3.63, 3.8) is 0 Å². The van der Waals surface area contributed by atoms with Crippen molar-refractivity contribution >= 4 is 11.8 Å². The fourth-order valence-electron chi connectivity index (χ4n) is 3.64. The smallest absolute Gasteiger partial charge is 0.230 e. The maximum Gasteiger partial charge on any atom is 0.230 e. The van der Waals surface area contributed by atoms with E-state index in [0.29, 0.717) is 18.7 Å². The SMILES string of the molecule is CC(c1ncn[nH]1)N1C(=O)CC2(CCCCC2)CC1=O. The van der Waals surface area contributed by atoms with Crippen LogP contribution in [0.4, 0.5) is 0 Å². The van der Waals surface area contributed by atoms with Gasteiger partial charge >= 0.3 is 0 Å². The zero-order valence-electron chi connectivity index (χ0n) is 11.8. The summed E-state index contributed by atoms with van der Waals surface area (Å²) in [4.78, 5) is 30.3. The highest BCUT2D eigenvalue weighted by atomic mass is 16.2. The minimum Gasteiger partial charge on any atom is -0.274 e. The van der Waals surface area contributed by atoms with Crippen LogP contribution in [0.3, 0.4) is 0 Å². The van der Waals surface area contributed by atoms with Gasteiger partial charge in [0.1, 0.15) is 12.2 Å². The molecule has 1 saturated heterocycles. The standard InChI is InChI=1S/C14H20N4O2/c1-10(13-15-9-16-17-13)18-11(19)7-14(8-12(18)20)5-3-2-4-6-14/h9-10H,2-8H2,1H3,(H,15,16,17).